The Balaban J connectivity index is 2.93. The number of carboxylic acids is 1. The lowest BCUT2D eigenvalue weighted by molar-refractivity contribution is -0.137. The van der Waals surface area contributed by atoms with Gasteiger partial charge in [0.15, 0.2) is 0 Å². The van der Waals surface area contributed by atoms with E-state index in [1.54, 1.807) is 0 Å². The Labute approximate surface area is 118 Å². The molecule has 3 nitrogen and oxygen atoms in total. The molecule has 0 aliphatic heterocycles. The van der Waals surface area contributed by atoms with Gasteiger partial charge in [-0.15, -0.1) is 0 Å². The third-order valence-corrected chi connectivity index (χ3v) is 3.55. The predicted octanol–water partition coefficient (Wildman–Crippen LogP) is 4.52. The Morgan fingerprint density at radius 3 is 1.21 bits per heavy atom. The largest absolute Gasteiger partial charge is 0.481 e. The molecule has 0 amide bonds. The van der Waals surface area contributed by atoms with E-state index in [1.165, 1.54) is 64.2 Å². The summed E-state index contributed by atoms with van der Waals surface area (Å²) in [5, 5.41) is 17.1. The number of carboxylic acid groups (broad SMARTS) is 1. The molecule has 0 unspecified atom stereocenters. The number of aliphatic carboxylic acids is 1. The van der Waals surface area contributed by atoms with Crippen molar-refractivity contribution < 1.29 is 15.0 Å². The molecule has 0 atom stereocenters. The van der Waals surface area contributed by atoms with Crippen LogP contribution in [0.2, 0.25) is 0 Å². The normalized spacial score (nSPS) is 10.8. The fraction of sp³-hybridized carbons (Fsp3) is 0.938. The second kappa shape index (κ2) is 15.5. The van der Waals surface area contributed by atoms with Gasteiger partial charge in [-0.1, -0.05) is 70.6 Å². The summed E-state index contributed by atoms with van der Waals surface area (Å²) < 4.78 is 0. The molecule has 0 aliphatic carbocycles. The fourth-order valence-corrected chi connectivity index (χ4v) is 2.33. The fourth-order valence-electron chi connectivity index (χ4n) is 2.33. The van der Waals surface area contributed by atoms with Crippen molar-refractivity contribution in [3.63, 3.8) is 0 Å². The van der Waals surface area contributed by atoms with Gasteiger partial charge in [-0.25, -0.2) is 0 Å². The smallest absolute Gasteiger partial charge is 0.303 e. The van der Waals surface area contributed by atoms with Gasteiger partial charge < -0.3 is 10.2 Å². The second-order valence-corrected chi connectivity index (χ2v) is 5.46. The van der Waals surface area contributed by atoms with Gasteiger partial charge in [0.2, 0.25) is 0 Å². The Morgan fingerprint density at radius 1 is 0.579 bits per heavy atom. The topological polar surface area (TPSA) is 57.5 Å². The lowest BCUT2D eigenvalue weighted by Crippen LogP contribution is -1.93. The molecular formula is C16H32O3. The van der Waals surface area contributed by atoms with E-state index in [-0.39, 0.29) is 0 Å². The maximum Gasteiger partial charge on any atom is 0.303 e. The van der Waals surface area contributed by atoms with Crippen LogP contribution in [-0.4, -0.2) is 22.8 Å². The first-order valence-electron chi connectivity index (χ1n) is 8.10. The average molecular weight is 288 g/mol. The zero-order chi connectivity index (χ0) is 14.2. The number of rotatable bonds is 15. The minimum Gasteiger partial charge on any atom is -0.481 e. The van der Waals surface area contributed by atoms with Gasteiger partial charge in [-0.2, -0.15) is 0 Å². The van der Waals surface area contributed by atoms with Crippen LogP contribution in [0.5, 0.6) is 0 Å². The van der Waals surface area contributed by atoms with Gasteiger partial charge in [0.1, 0.15) is 0 Å². The molecule has 2 N–H and O–H groups in total. The number of unbranched alkanes of at least 4 members (excludes halogenated alkanes) is 12. The molecule has 0 bridgehead atoms. The maximum absolute atomic E-state index is 10.3. The minimum absolute atomic E-state index is 0.330. The molecule has 0 fully saturated rings. The minimum atomic E-state index is -0.668. The monoisotopic (exact) mass is 288 g/mol. The molecule has 0 heterocycles. The maximum atomic E-state index is 10.3. The number of carbonyl (C=O) groups is 1. The summed E-state index contributed by atoms with van der Waals surface area (Å²) in [5.74, 6) is -0.668. The van der Waals surface area contributed by atoms with Crippen molar-refractivity contribution in [3.05, 3.63) is 0 Å². The van der Waals surface area contributed by atoms with Crippen molar-refractivity contribution in [3.8, 4) is 0 Å². The summed E-state index contributed by atoms with van der Waals surface area (Å²) in [6.45, 7) is 0.340. The van der Waals surface area contributed by atoms with E-state index in [9.17, 15) is 4.79 Å². The predicted molar refractivity (Wildman–Crippen MR) is 79.4 cm³/mol. The van der Waals surface area contributed by atoms with E-state index in [4.69, 9.17) is 10.2 Å². The number of aliphatic hydroxyl groups excluding tert-OH is 1. The highest BCUT2D eigenvalue weighted by atomic mass is 16.5. The van der Waals surface area contributed by atoms with Crippen molar-refractivity contribution in [1.82, 2.24) is 0 Å². The highest BCUT2D eigenvalue weighted by Gasteiger charge is 1.96. The SMILES string of the molecule is O=[13C](O)[13CH2][13CH2][13CH2][13CH2][13CH2][13CH2][13CH2][13CH2][13CH2][13CH2][13CH2][13CH2][13CH2][13CH2][13CH2]O. The zero-order valence-electron chi connectivity index (χ0n) is 12.4. The zero-order valence-corrected chi connectivity index (χ0v) is 12.4. The van der Waals surface area contributed by atoms with Crippen molar-refractivity contribution in [1.29, 1.82) is 0 Å². The summed E-state index contributed by atoms with van der Waals surface area (Å²) in [5.41, 5.74) is 0. The molecular weight excluding hydrogens is 256 g/mol. The van der Waals surface area contributed by atoms with Crippen LogP contribution in [0, 0.1) is 0 Å². The standard InChI is InChI=1S/C16H32O3/c17-15-13-11-9-7-5-3-1-2-4-6-8-10-12-14-16(18)19/h17H,1-15H2,(H,18,19)/i1+1,2+1,3+1,4+1,5+1,6+1,7+1,8+1,9+1,10+1,11+1,12+1,13+1,14+1,15+1,16+1. The van der Waals surface area contributed by atoms with Crippen LogP contribution in [0.15, 0.2) is 0 Å². The number of hydrogen-bond acceptors (Lipinski definition) is 2. The molecule has 0 spiro atoms. The van der Waals surface area contributed by atoms with Crippen LogP contribution in [0.25, 0.3) is 0 Å². The summed E-state index contributed by atoms with van der Waals surface area (Å²) in [6.07, 6.45) is 16.1. The van der Waals surface area contributed by atoms with Crippen LogP contribution in [0.4, 0.5) is 0 Å². The second-order valence-electron chi connectivity index (χ2n) is 5.46. The molecule has 0 aliphatic rings. The van der Waals surface area contributed by atoms with E-state index < -0.39 is 5.97 Å². The molecule has 0 radical (unpaired) electrons. The molecule has 0 aromatic heterocycles. The summed E-state index contributed by atoms with van der Waals surface area (Å²) in [4.78, 5) is 10.3. The Kier molecular flexibility index (Phi) is 15.0. The Morgan fingerprint density at radius 2 is 0.895 bits per heavy atom. The van der Waals surface area contributed by atoms with E-state index in [2.05, 4.69) is 0 Å². The van der Waals surface area contributed by atoms with E-state index in [0.717, 1.165) is 19.3 Å². The highest BCUT2D eigenvalue weighted by molar-refractivity contribution is 5.66. The van der Waals surface area contributed by atoms with Gasteiger partial charge in [-0.05, 0) is 12.8 Å². The van der Waals surface area contributed by atoms with Crippen LogP contribution in [-0.2, 0) is 4.79 Å². The Hall–Kier alpha value is -0.570. The van der Waals surface area contributed by atoms with Crippen LogP contribution in [0.1, 0.15) is 89.9 Å². The number of aliphatic hydroxyl groups is 1. The lowest BCUT2D eigenvalue weighted by atomic mass is 11.0. The molecule has 19 heavy (non-hydrogen) atoms. The molecule has 114 valence electrons. The third-order valence-electron chi connectivity index (χ3n) is 3.55. The average Bonchev–Trinajstić information content (AvgIpc) is 2.39. The van der Waals surface area contributed by atoms with Crippen LogP contribution in [0.3, 0.4) is 0 Å². The summed E-state index contributed by atoms with van der Waals surface area (Å²) in [7, 11) is 0. The van der Waals surface area contributed by atoms with Gasteiger partial charge in [0, 0.05) is 13.0 Å². The molecule has 0 saturated heterocycles. The molecule has 0 aromatic rings. The van der Waals surface area contributed by atoms with E-state index in [1.807, 2.05) is 0 Å². The van der Waals surface area contributed by atoms with Gasteiger partial charge in [0.05, 0.1) is 0 Å². The van der Waals surface area contributed by atoms with Gasteiger partial charge in [0.25, 0.3) is 0 Å². The lowest BCUT2D eigenvalue weighted by Gasteiger charge is -2.02. The number of hydrogen-bond donors (Lipinski definition) is 2. The first kappa shape index (κ1) is 18.4. The van der Waals surface area contributed by atoms with E-state index in [0.29, 0.717) is 13.0 Å². The quantitative estimate of drug-likeness (QED) is 0.344. The van der Waals surface area contributed by atoms with Gasteiger partial charge in [-0.3, -0.25) is 4.79 Å². The molecule has 3 heteroatoms. The third kappa shape index (κ3) is 17.4. The molecule has 0 saturated carbocycles. The first-order chi connectivity index (χ1) is 9.27. The Bertz CT molecular complexity index is 192. The van der Waals surface area contributed by atoms with E-state index >= 15 is 0 Å². The van der Waals surface area contributed by atoms with Crippen molar-refractivity contribution >= 4 is 5.97 Å². The van der Waals surface area contributed by atoms with Crippen LogP contribution >= 0.6 is 0 Å². The van der Waals surface area contributed by atoms with Crippen molar-refractivity contribution in [2.45, 2.75) is 89.9 Å². The molecule has 0 rings (SSSR count). The highest BCUT2D eigenvalue weighted by Crippen LogP contribution is 2.12. The molecule has 0 aromatic carbocycles. The summed E-state index contributed by atoms with van der Waals surface area (Å²) in [6, 6.07) is 0. The summed E-state index contributed by atoms with van der Waals surface area (Å²) >= 11 is 0. The van der Waals surface area contributed by atoms with Gasteiger partial charge >= 0.3 is 5.97 Å². The first-order valence-corrected chi connectivity index (χ1v) is 8.10. The van der Waals surface area contributed by atoms with Crippen molar-refractivity contribution in [2.75, 3.05) is 6.61 Å². The van der Waals surface area contributed by atoms with Crippen molar-refractivity contribution in [2.24, 2.45) is 0 Å². The van der Waals surface area contributed by atoms with Crippen LogP contribution < -0.4 is 0 Å².